The molecule has 0 spiro atoms. The van der Waals surface area contributed by atoms with Crippen LogP contribution < -0.4 is 5.32 Å². The topological polar surface area (TPSA) is 58.6 Å². The van der Waals surface area contributed by atoms with E-state index in [1.54, 1.807) is 11.0 Å². The van der Waals surface area contributed by atoms with E-state index < -0.39 is 0 Å². The van der Waals surface area contributed by atoms with Crippen molar-refractivity contribution in [2.24, 2.45) is 0 Å². The maximum atomic E-state index is 13.1. The normalized spacial score (nSPS) is 27.0. The van der Waals surface area contributed by atoms with E-state index >= 15 is 0 Å². The highest BCUT2D eigenvalue weighted by molar-refractivity contribution is 9.10. The van der Waals surface area contributed by atoms with Gasteiger partial charge in [-0.25, -0.2) is 0 Å². The zero-order chi connectivity index (χ0) is 18.1. The molecular weight excluding hydrogens is 396 g/mol. The summed E-state index contributed by atoms with van der Waals surface area (Å²) in [7, 11) is 0. The molecule has 2 unspecified atom stereocenters. The average Bonchev–Trinajstić information content (AvgIpc) is 3.44. The fourth-order valence-corrected chi connectivity index (χ4v) is 4.15. The molecule has 1 aliphatic heterocycles. The Morgan fingerprint density at radius 2 is 2.00 bits per heavy atom. The summed E-state index contributed by atoms with van der Waals surface area (Å²) in [5.74, 6) is 0.0847. The van der Waals surface area contributed by atoms with Crippen molar-refractivity contribution < 1.29 is 14.3 Å². The Hall–Kier alpha value is -1.82. The molecule has 1 heterocycles. The predicted molar refractivity (Wildman–Crippen MR) is 102 cm³/mol. The maximum Gasteiger partial charge on any atom is 0.289 e. The van der Waals surface area contributed by atoms with Crippen molar-refractivity contribution in [3.63, 3.8) is 0 Å². The van der Waals surface area contributed by atoms with Crippen LogP contribution in [0.3, 0.4) is 0 Å². The lowest BCUT2D eigenvalue weighted by atomic mass is 9.89. The molecule has 5 nitrogen and oxygen atoms in total. The van der Waals surface area contributed by atoms with Crippen LogP contribution in [-0.4, -0.2) is 41.4 Å². The first kappa shape index (κ1) is 17.6. The van der Waals surface area contributed by atoms with Gasteiger partial charge in [-0.15, -0.1) is 0 Å². The van der Waals surface area contributed by atoms with E-state index in [4.69, 9.17) is 4.74 Å². The monoisotopic (exact) mass is 418 g/mol. The van der Waals surface area contributed by atoms with Crippen LogP contribution in [0.1, 0.15) is 44.1 Å². The summed E-state index contributed by atoms with van der Waals surface area (Å²) >= 11 is 3.51. The van der Waals surface area contributed by atoms with E-state index in [1.807, 2.05) is 24.3 Å². The first-order valence-corrected chi connectivity index (χ1v) is 10.1. The molecule has 3 aliphatic rings. The van der Waals surface area contributed by atoms with Crippen LogP contribution in [0.25, 0.3) is 6.08 Å². The second kappa shape index (κ2) is 7.43. The summed E-state index contributed by atoms with van der Waals surface area (Å²) in [5, 5.41) is 2.99. The van der Waals surface area contributed by atoms with Gasteiger partial charge in [-0.2, -0.15) is 0 Å². The molecule has 1 aromatic carbocycles. The van der Waals surface area contributed by atoms with E-state index in [9.17, 15) is 9.59 Å². The molecule has 2 amide bonds. The van der Waals surface area contributed by atoms with Gasteiger partial charge >= 0.3 is 0 Å². The number of hydrogen-bond donors (Lipinski definition) is 1. The van der Waals surface area contributed by atoms with Gasteiger partial charge in [0.25, 0.3) is 5.91 Å². The highest BCUT2D eigenvalue weighted by Gasteiger charge is 2.42. The second-order valence-electron chi connectivity index (χ2n) is 7.31. The van der Waals surface area contributed by atoms with Crippen molar-refractivity contribution in [3.05, 3.63) is 40.1 Å². The minimum Gasteiger partial charge on any atom is -0.482 e. The van der Waals surface area contributed by atoms with Crippen molar-refractivity contribution in [3.8, 4) is 0 Å². The summed E-state index contributed by atoms with van der Waals surface area (Å²) in [5.41, 5.74) is 0.896. The fraction of sp³-hybridized carbons (Fsp3) is 0.500. The van der Waals surface area contributed by atoms with E-state index in [1.165, 1.54) is 0 Å². The Labute approximate surface area is 161 Å². The van der Waals surface area contributed by atoms with Crippen molar-refractivity contribution in [1.29, 1.82) is 0 Å². The van der Waals surface area contributed by atoms with Gasteiger partial charge in [0, 0.05) is 10.5 Å². The number of benzene rings is 1. The number of nitrogens with zero attached hydrogens (tertiary/aromatic N) is 1. The quantitative estimate of drug-likeness (QED) is 0.763. The molecule has 0 radical (unpaired) electrons. The summed E-state index contributed by atoms with van der Waals surface area (Å²) in [4.78, 5) is 27.1. The Morgan fingerprint density at radius 1 is 1.23 bits per heavy atom. The highest BCUT2D eigenvalue weighted by atomic mass is 79.9. The van der Waals surface area contributed by atoms with Crippen LogP contribution in [-0.2, 0) is 14.3 Å². The Morgan fingerprint density at radius 3 is 2.77 bits per heavy atom. The van der Waals surface area contributed by atoms with Crippen LogP contribution in [0.4, 0.5) is 0 Å². The third-order valence-electron chi connectivity index (χ3n) is 5.27. The molecule has 2 atom stereocenters. The summed E-state index contributed by atoms with van der Waals surface area (Å²) < 4.78 is 6.99. The van der Waals surface area contributed by atoms with Crippen LogP contribution in [0.15, 0.2) is 34.5 Å². The largest absolute Gasteiger partial charge is 0.482 e. The molecule has 0 aromatic heterocycles. The Balaban J connectivity index is 1.58. The Bertz CT molecular complexity index is 744. The Kier molecular flexibility index (Phi) is 5.02. The number of fused-ring (bicyclic) bond motifs is 1. The number of nitrogens with one attached hydrogen (secondary N) is 1. The molecular formula is C20H23BrN2O3. The lowest BCUT2D eigenvalue weighted by Crippen LogP contribution is -2.57. The number of amides is 2. The van der Waals surface area contributed by atoms with Gasteiger partial charge in [-0.05, 0) is 49.8 Å². The summed E-state index contributed by atoms with van der Waals surface area (Å²) in [6, 6.07) is 8.03. The number of carbonyl (C=O) groups is 2. The van der Waals surface area contributed by atoms with Gasteiger partial charge in [0.15, 0.2) is 5.76 Å². The number of ether oxygens (including phenoxy) is 1. The molecule has 138 valence electrons. The highest BCUT2D eigenvalue weighted by Crippen LogP contribution is 2.34. The third kappa shape index (κ3) is 3.80. The number of carbonyl (C=O) groups excluding carboxylic acids is 2. The number of rotatable bonds is 4. The summed E-state index contributed by atoms with van der Waals surface area (Å²) in [6.45, 7) is 0.118. The lowest BCUT2D eigenvalue weighted by molar-refractivity contribution is -0.151. The van der Waals surface area contributed by atoms with Crippen molar-refractivity contribution in [2.75, 3.05) is 6.54 Å². The van der Waals surface area contributed by atoms with Crippen LogP contribution >= 0.6 is 15.9 Å². The fourth-order valence-electron chi connectivity index (χ4n) is 3.75. The molecule has 2 saturated carbocycles. The lowest BCUT2D eigenvalue weighted by Gasteiger charge is -2.44. The first-order valence-electron chi connectivity index (χ1n) is 9.35. The minimum atomic E-state index is -0.185. The summed E-state index contributed by atoms with van der Waals surface area (Å²) in [6.07, 6.45) is 7.83. The minimum absolute atomic E-state index is 0.00225. The van der Waals surface area contributed by atoms with Gasteiger partial charge in [-0.1, -0.05) is 40.5 Å². The molecule has 3 fully saturated rings. The van der Waals surface area contributed by atoms with E-state index in [2.05, 4.69) is 21.2 Å². The van der Waals surface area contributed by atoms with Crippen LogP contribution in [0.2, 0.25) is 0 Å². The standard InChI is InChI=1S/C20H23BrN2O3/c21-15-6-2-1-5-13(15)11-18-20(25)23(12-19(24)22-14-9-10-14)16-7-3-4-8-17(16)26-18/h1-2,5-6,11,14,16-17H,3-4,7-10,12H2,(H,22,24)/b18-11+. The number of hydrogen-bond acceptors (Lipinski definition) is 3. The van der Waals surface area contributed by atoms with Crippen molar-refractivity contribution in [2.45, 2.75) is 56.7 Å². The van der Waals surface area contributed by atoms with Crippen LogP contribution in [0, 0.1) is 0 Å². The number of morpholine rings is 1. The zero-order valence-electron chi connectivity index (χ0n) is 14.6. The van der Waals surface area contributed by atoms with Gasteiger partial charge in [0.2, 0.25) is 5.91 Å². The van der Waals surface area contributed by atoms with Gasteiger partial charge in [0.1, 0.15) is 12.6 Å². The predicted octanol–water partition coefficient (Wildman–Crippen LogP) is 3.24. The molecule has 1 saturated heterocycles. The smallest absolute Gasteiger partial charge is 0.289 e. The first-order chi connectivity index (χ1) is 12.6. The van der Waals surface area contributed by atoms with E-state index in [0.29, 0.717) is 11.8 Å². The molecule has 4 rings (SSSR count). The average molecular weight is 419 g/mol. The molecule has 1 aromatic rings. The van der Waals surface area contributed by atoms with E-state index in [0.717, 1.165) is 48.6 Å². The van der Waals surface area contributed by atoms with Gasteiger partial charge < -0.3 is 15.0 Å². The van der Waals surface area contributed by atoms with Crippen LogP contribution in [0.5, 0.6) is 0 Å². The second-order valence-corrected chi connectivity index (χ2v) is 8.17. The molecule has 2 aliphatic carbocycles. The molecule has 0 bridgehead atoms. The molecule has 6 heteroatoms. The maximum absolute atomic E-state index is 13.1. The van der Waals surface area contributed by atoms with Crippen molar-refractivity contribution >= 4 is 33.8 Å². The van der Waals surface area contributed by atoms with Gasteiger partial charge in [0.05, 0.1) is 6.04 Å². The number of halogens is 1. The third-order valence-corrected chi connectivity index (χ3v) is 5.99. The van der Waals surface area contributed by atoms with Gasteiger partial charge in [-0.3, -0.25) is 9.59 Å². The SMILES string of the molecule is O=C(CN1C(=O)/C(=C\c2ccccc2Br)OC2CCCCC21)NC1CC1. The van der Waals surface area contributed by atoms with E-state index in [-0.39, 0.29) is 30.5 Å². The van der Waals surface area contributed by atoms with Crippen molar-refractivity contribution in [1.82, 2.24) is 10.2 Å². The zero-order valence-corrected chi connectivity index (χ0v) is 16.2. The molecule has 1 N–H and O–H groups in total. The molecule has 26 heavy (non-hydrogen) atoms.